The lowest BCUT2D eigenvalue weighted by Crippen LogP contribution is -2.26. The zero-order valence-corrected chi connectivity index (χ0v) is 23.2. The van der Waals surface area contributed by atoms with Crippen molar-refractivity contribution in [3.63, 3.8) is 0 Å². The summed E-state index contributed by atoms with van der Waals surface area (Å²) in [4.78, 5) is 4.41. The lowest BCUT2D eigenvalue weighted by atomic mass is 9.92. The maximum atomic E-state index is 13.9. The van der Waals surface area contributed by atoms with Crippen molar-refractivity contribution in [2.75, 3.05) is 13.6 Å². The van der Waals surface area contributed by atoms with E-state index in [1.807, 2.05) is 36.4 Å². The lowest BCUT2D eigenvalue weighted by Gasteiger charge is -2.17. The number of aromatic nitrogens is 1. The predicted molar refractivity (Wildman–Crippen MR) is 153 cm³/mol. The van der Waals surface area contributed by atoms with E-state index in [2.05, 4.69) is 4.98 Å². The van der Waals surface area contributed by atoms with E-state index in [0.29, 0.717) is 41.0 Å². The van der Waals surface area contributed by atoms with Gasteiger partial charge >= 0.3 is 6.18 Å². The summed E-state index contributed by atoms with van der Waals surface area (Å²) in [6.45, 7) is 2.09. The van der Waals surface area contributed by atoms with Gasteiger partial charge in [-0.2, -0.15) is 13.2 Å². The van der Waals surface area contributed by atoms with E-state index in [9.17, 15) is 21.6 Å². The van der Waals surface area contributed by atoms with Crippen LogP contribution in [0.25, 0.3) is 22.0 Å². The molecule has 0 unspecified atom stereocenters. The Morgan fingerprint density at radius 3 is 2.24 bits per heavy atom. The molecule has 0 saturated heterocycles. The fourth-order valence-electron chi connectivity index (χ4n) is 4.66. The van der Waals surface area contributed by atoms with Crippen molar-refractivity contribution in [2.24, 2.45) is 0 Å². The average Bonchev–Trinajstić information content (AvgIpc) is 2.96. The van der Waals surface area contributed by atoms with Gasteiger partial charge in [-0.05, 0) is 71.1 Å². The number of pyridine rings is 1. The van der Waals surface area contributed by atoms with E-state index in [1.54, 1.807) is 43.3 Å². The van der Waals surface area contributed by atoms with Gasteiger partial charge in [-0.3, -0.25) is 4.98 Å². The summed E-state index contributed by atoms with van der Waals surface area (Å²) in [6, 6.07) is 26.9. The van der Waals surface area contributed by atoms with Crippen molar-refractivity contribution in [3.8, 4) is 22.6 Å². The molecule has 5 aromatic rings. The molecule has 0 bridgehead atoms. The molecule has 0 radical (unpaired) electrons. The molecular formula is C32H27F3N2O3S. The molecule has 1 aromatic heterocycles. The van der Waals surface area contributed by atoms with Crippen LogP contribution < -0.4 is 4.74 Å². The van der Waals surface area contributed by atoms with Gasteiger partial charge in [-0.25, -0.2) is 12.7 Å². The fraction of sp³-hybridized carbons (Fsp3) is 0.156. The Labute approximate surface area is 236 Å². The van der Waals surface area contributed by atoms with E-state index in [-0.39, 0.29) is 10.4 Å². The maximum Gasteiger partial charge on any atom is 0.418 e. The van der Waals surface area contributed by atoms with Crippen LogP contribution in [-0.2, 0) is 22.6 Å². The van der Waals surface area contributed by atoms with Crippen LogP contribution in [0.1, 0.15) is 23.6 Å². The molecule has 9 heteroatoms. The second kappa shape index (κ2) is 11.3. The van der Waals surface area contributed by atoms with Crippen LogP contribution in [0.5, 0.6) is 11.5 Å². The van der Waals surface area contributed by atoms with Crippen LogP contribution in [-0.4, -0.2) is 31.3 Å². The van der Waals surface area contributed by atoms with E-state index < -0.39 is 21.8 Å². The molecule has 0 atom stereocenters. The molecule has 0 saturated carbocycles. The fourth-order valence-corrected chi connectivity index (χ4v) is 5.84. The highest BCUT2D eigenvalue weighted by Crippen LogP contribution is 2.40. The zero-order valence-electron chi connectivity index (χ0n) is 22.4. The minimum atomic E-state index is -4.55. The molecule has 0 aliphatic carbocycles. The number of para-hydroxylation sites is 1. The topological polar surface area (TPSA) is 59.5 Å². The highest BCUT2D eigenvalue weighted by molar-refractivity contribution is 7.89. The molecule has 210 valence electrons. The van der Waals surface area contributed by atoms with Gasteiger partial charge in [0.25, 0.3) is 0 Å². The summed E-state index contributed by atoms with van der Waals surface area (Å²) >= 11 is 0. The van der Waals surface area contributed by atoms with Crippen LogP contribution in [0.2, 0.25) is 0 Å². The largest absolute Gasteiger partial charge is 0.457 e. The zero-order chi connectivity index (χ0) is 29.2. The Kier molecular flexibility index (Phi) is 7.84. The summed E-state index contributed by atoms with van der Waals surface area (Å²) in [7, 11) is -2.08. The number of sulfonamides is 1. The number of halogens is 3. The van der Waals surface area contributed by atoms with Gasteiger partial charge in [0, 0.05) is 25.2 Å². The Hall–Kier alpha value is -4.21. The molecule has 5 rings (SSSR count). The second-order valence-electron chi connectivity index (χ2n) is 9.54. The number of hydrogen-bond acceptors (Lipinski definition) is 4. The highest BCUT2D eigenvalue weighted by atomic mass is 32.2. The third kappa shape index (κ3) is 5.96. The molecular weight excluding hydrogens is 549 g/mol. The molecule has 0 aliphatic heterocycles. The summed E-state index contributed by atoms with van der Waals surface area (Å²) in [5.74, 6) is 0.870. The monoisotopic (exact) mass is 576 g/mol. The number of hydrogen-bond donors (Lipinski definition) is 0. The summed E-state index contributed by atoms with van der Waals surface area (Å²) in [6.07, 6.45) is -2.57. The van der Waals surface area contributed by atoms with E-state index in [4.69, 9.17) is 4.74 Å². The van der Waals surface area contributed by atoms with Gasteiger partial charge in [0.2, 0.25) is 10.0 Å². The molecule has 0 amide bonds. The SMILES string of the molecule is CCN(C)S(=O)(=O)c1ccc(Oc2cccc(-c3c(Cc4ccccc4)cnc4c(C(F)(F)F)cccc34)c2)cc1. The second-order valence-corrected chi connectivity index (χ2v) is 11.6. The summed E-state index contributed by atoms with van der Waals surface area (Å²) in [5.41, 5.74) is 2.17. The highest BCUT2D eigenvalue weighted by Gasteiger charge is 2.33. The van der Waals surface area contributed by atoms with Crippen molar-refractivity contribution in [1.82, 2.24) is 9.29 Å². The molecule has 4 aromatic carbocycles. The molecule has 41 heavy (non-hydrogen) atoms. The van der Waals surface area contributed by atoms with Gasteiger partial charge in [-0.15, -0.1) is 0 Å². The number of ether oxygens (including phenoxy) is 1. The Bertz CT molecular complexity index is 1790. The van der Waals surface area contributed by atoms with Crippen LogP contribution >= 0.6 is 0 Å². The molecule has 1 heterocycles. The minimum Gasteiger partial charge on any atom is -0.457 e. The van der Waals surface area contributed by atoms with E-state index >= 15 is 0 Å². The van der Waals surface area contributed by atoms with Crippen molar-refractivity contribution in [1.29, 1.82) is 0 Å². The number of fused-ring (bicyclic) bond motifs is 1. The maximum absolute atomic E-state index is 13.9. The minimum absolute atomic E-state index is 0.119. The number of alkyl halides is 3. The van der Waals surface area contributed by atoms with Gasteiger partial charge in [0.15, 0.2) is 0 Å². The first kappa shape index (κ1) is 28.3. The molecule has 5 nitrogen and oxygen atoms in total. The Morgan fingerprint density at radius 2 is 1.56 bits per heavy atom. The van der Waals surface area contributed by atoms with Crippen LogP contribution in [0.15, 0.2) is 108 Å². The third-order valence-corrected chi connectivity index (χ3v) is 8.80. The normalized spacial score (nSPS) is 12.1. The predicted octanol–water partition coefficient (Wildman–Crippen LogP) is 7.94. The van der Waals surface area contributed by atoms with Crippen molar-refractivity contribution in [3.05, 3.63) is 120 Å². The van der Waals surface area contributed by atoms with Crippen LogP contribution in [0, 0.1) is 0 Å². The number of nitrogens with zero attached hydrogens (tertiary/aromatic N) is 2. The van der Waals surface area contributed by atoms with Crippen LogP contribution in [0.4, 0.5) is 13.2 Å². The summed E-state index contributed by atoms with van der Waals surface area (Å²) in [5, 5.41) is 0.389. The third-order valence-electron chi connectivity index (χ3n) is 6.85. The molecule has 0 aliphatic rings. The number of benzene rings is 4. The van der Waals surface area contributed by atoms with Crippen molar-refractivity contribution < 1.29 is 26.3 Å². The van der Waals surface area contributed by atoms with E-state index in [1.165, 1.54) is 35.7 Å². The first-order valence-electron chi connectivity index (χ1n) is 12.9. The first-order valence-corrected chi connectivity index (χ1v) is 14.4. The Morgan fingerprint density at radius 1 is 0.854 bits per heavy atom. The summed E-state index contributed by atoms with van der Waals surface area (Å²) < 4.78 is 74.1. The van der Waals surface area contributed by atoms with Gasteiger partial charge < -0.3 is 4.74 Å². The van der Waals surface area contributed by atoms with Gasteiger partial charge in [-0.1, -0.05) is 61.5 Å². The average molecular weight is 577 g/mol. The van der Waals surface area contributed by atoms with Gasteiger partial charge in [0.1, 0.15) is 11.5 Å². The number of rotatable bonds is 8. The smallest absolute Gasteiger partial charge is 0.418 e. The molecule has 0 N–H and O–H groups in total. The van der Waals surface area contributed by atoms with Gasteiger partial charge in [0.05, 0.1) is 16.0 Å². The van der Waals surface area contributed by atoms with E-state index in [0.717, 1.165) is 17.2 Å². The lowest BCUT2D eigenvalue weighted by molar-refractivity contribution is -0.136. The molecule has 0 spiro atoms. The van der Waals surface area contributed by atoms with Crippen molar-refractivity contribution in [2.45, 2.75) is 24.4 Å². The Balaban J connectivity index is 1.57. The van der Waals surface area contributed by atoms with Crippen molar-refractivity contribution >= 4 is 20.9 Å². The van der Waals surface area contributed by atoms with Crippen LogP contribution in [0.3, 0.4) is 0 Å². The first-order chi connectivity index (χ1) is 19.6. The molecule has 0 fully saturated rings. The standard InChI is InChI=1S/C32H27F3N2O3S/c1-3-37(2)41(38,39)27-17-15-25(16-18-27)40-26-12-7-11-23(20-26)30-24(19-22-9-5-4-6-10-22)21-36-31-28(30)13-8-14-29(31)32(33,34)35/h4-18,20-21H,3,19H2,1-2H3. The quantitative estimate of drug-likeness (QED) is 0.188.